The molecule has 0 amide bonds. The van der Waals surface area contributed by atoms with Gasteiger partial charge in [-0.1, -0.05) is 0 Å². The van der Waals surface area contributed by atoms with Gasteiger partial charge in [0.05, 0.1) is 26.3 Å². The molecule has 0 atom stereocenters. The Morgan fingerprint density at radius 1 is 1.18 bits per heavy atom. The molecule has 0 N–H and O–H groups in total. The summed E-state index contributed by atoms with van der Waals surface area (Å²) in [5.41, 5.74) is -2.44. The van der Waals surface area contributed by atoms with Crippen molar-refractivity contribution < 1.29 is 45.3 Å². The number of nitrogens with zero attached hydrogens (tertiary/aromatic N) is 1. The quantitative estimate of drug-likeness (QED) is 0.626. The number of carbonyl (C=O) groups is 1. The first-order chi connectivity index (χ1) is 9.97. The number of hydrogen-bond donors (Lipinski definition) is 0. The van der Waals surface area contributed by atoms with Gasteiger partial charge in [0.2, 0.25) is 5.75 Å². The van der Waals surface area contributed by atoms with Gasteiger partial charge in [-0.25, -0.2) is 4.98 Å². The summed E-state index contributed by atoms with van der Waals surface area (Å²) in [5.74, 6) is -3.41. The van der Waals surface area contributed by atoms with Gasteiger partial charge in [-0.3, -0.25) is 4.79 Å². The lowest BCUT2D eigenvalue weighted by atomic mass is 10.2. The van der Waals surface area contributed by atoms with Crippen LogP contribution in [0.1, 0.15) is 11.4 Å². The zero-order valence-electron chi connectivity index (χ0n) is 11.1. The largest absolute Gasteiger partial charge is 0.573 e. The van der Waals surface area contributed by atoms with Crippen LogP contribution >= 0.6 is 0 Å². The molecule has 0 radical (unpaired) electrons. The molecule has 0 fully saturated rings. The van der Waals surface area contributed by atoms with E-state index in [0.717, 1.165) is 20.3 Å². The summed E-state index contributed by atoms with van der Waals surface area (Å²) in [6.07, 6.45) is -11.3. The molecule has 0 spiro atoms. The zero-order valence-corrected chi connectivity index (χ0v) is 11.1. The molecule has 1 aromatic rings. The molecule has 22 heavy (non-hydrogen) atoms. The third-order valence-corrected chi connectivity index (χ3v) is 2.25. The average Bonchev–Trinajstić information content (AvgIpc) is 2.36. The predicted molar refractivity (Wildman–Crippen MR) is 58.2 cm³/mol. The van der Waals surface area contributed by atoms with Crippen LogP contribution in [0, 0.1) is 0 Å². The topological polar surface area (TPSA) is 57.7 Å². The number of hydrogen-bond acceptors (Lipinski definition) is 5. The van der Waals surface area contributed by atoms with E-state index in [0.29, 0.717) is 0 Å². The Morgan fingerprint density at radius 2 is 1.77 bits per heavy atom. The normalized spacial score (nSPS) is 12.0. The van der Waals surface area contributed by atoms with Crippen molar-refractivity contribution in [3.8, 4) is 11.5 Å². The smallest absolute Gasteiger partial charge is 0.493 e. The van der Waals surface area contributed by atoms with Crippen LogP contribution in [0.5, 0.6) is 11.5 Å². The van der Waals surface area contributed by atoms with Crippen LogP contribution in [-0.4, -0.2) is 31.5 Å². The fourth-order valence-electron chi connectivity index (χ4n) is 1.43. The fraction of sp³-hybridized carbons (Fsp3) is 0.455. The van der Waals surface area contributed by atoms with Gasteiger partial charge in [0.25, 0.3) is 0 Å². The third kappa shape index (κ3) is 4.67. The van der Waals surface area contributed by atoms with Crippen LogP contribution in [0.25, 0.3) is 0 Å². The molecule has 11 heteroatoms. The lowest BCUT2D eigenvalue weighted by Crippen LogP contribution is -2.22. The Hall–Kier alpha value is -2.20. The number of methoxy groups -OCH3 is 2. The van der Waals surface area contributed by atoms with Gasteiger partial charge in [-0.05, 0) is 0 Å². The van der Waals surface area contributed by atoms with E-state index in [2.05, 4.69) is 19.2 Å². The van der Waals surface area contributed by atoms with E-state index < -0.39 is 47.8 Å². The molecule has 0 aliphatic rings. The Morgan fingerprint density at radius 3 is 2.18 bits per heavy atom. The van der Waals surface area contributed by atoms with Crippen molar-refractivity contribution in [3.05, 3.63) is 17.5 Å². The zero-order chi connectivity index (χ0) is 17.1. The van der Waals surface area contributed by atoms with E-state index in [1.54, 1.807) is 0 Å². The van der Waals surface area contributed by atoms with Gasteiger partial charge in [-0.2, -0.15) is 13.2 Å². The Balaban J connectivity index is 3.44. The van der Waals surface area contributed by atoms with E-state index in [1.165, 1.54) is 0 Å². The van der Waals surface area contributed by atoms with Crippen LogP contribution in [0.2, 0.25) is 0 Å². The van der Waals surface area contributed by atoms with E-state index >= 15 is 0 Å². The van der Waals surface area contributed by atoms with E-state index in [1.807, 2.05) is 0 Å². The second-order valence-corrected chi connectivity index (χ2v) is 3.79. The standard InChI is InChI=1S/C11H9F6NO4/c1-20-6-3-5(4-7(19)21-2)18-9(10(12,13)14)8(6)22-11(15,16)17/h3H,4H2,1-2H3. The van der Waals surface area contributed by atoms with Crippen molar-refractivity contribution in [2.45, 2.75) is 19.0 Å². The molecule has 0 unspecified atom stereocenters. The summed E-state index contributed by atoms with van der Waals surface area (Å²) in [5, 5.41) is 0. The number of halogens is 6. The summed E-state index contributed by atoms with van der Waals surface area (Å²) in [6, 6.07) is 0.729. The summed E-state index contributed by atoms with van der Waals surface area (Å²) < 4.78 is 87.4. The van der Waals surface area contributed by atoms with Gasteiger partial charge in [-0.15, -0.1) is 13.2 Å². The summed E-state index contributed by atoms with van der Waals surface area (Å²) >= 11 is 0. The SMILES string of the molecule is COC(=O)Cc1cc(OC)c(OC(F)(F)F)c(C(F)(F)F)n1. The molecular weight excluding hydrogens is 324 g/mol. The van der Waals surface area contributed by atoms with Crippen LogP contribution in [0.4, 0.5) is 26.3 Å². The lowest BCUT2D eigenvalue weighted by Gasteiger charge is -2.18. The van der Waals surface area contributed by atoms with Crippen molar-refractivity contribution in [1.29, 1.82) is 0 Å². The molecule has 0 saturated heterocycles. The highest BCUT2D eigenvalue weighted by molar-refractivity contribution is 5.72. The fourth-order valence-corrected chi connectivity index (χ4v) is 1.43. The first-order valence-electron chi connectivity index (χ1n) is 5.45. The van der Waals surface area contributed by atoms with E-state index in [-0.39, 0.29) is 0 Å². The van der Waals surface area contributed by atoms with Crippen LogP contribution in [0.15, 0.2) is 6.07 Å². The summed E-state index contributed by atoms with van der Waals surface area (Å²) in [4.78, 5) is 14.1. The van der Waals surface area contributed by atoms with E-state index in [9.17, 15) is 31.1 Å². The van der Waals surface area contributed by atoms with Crippen molar-refractivity contribution in [2.75, 3.05) is 14.2 Å². The minimum atomic E-state index is -5.38. The maximum absolute atomic E-state index is 12.9. The van der Waals surface area contributed by atoms with E-state index in [4.69, 9.17) is 0 Å². The number of rotatable bonds is 4. The molecule has 1 rings (SSSR count). The average molecular weight is 333 g/mol. The number of esters is 1. The highest BCUT2D eigenvalue weighted by atomic mass is 19.4. The molecule has 0 saturated carbocycles. The maximum Gasteiger partial charge on any atom is 0.573 e. The highest BCUT2D eigenvalue weighted by Gasteiger charge is 2.43. The van der Waals surface area contributed by atoms with Crippen molar-refractivity contribution >= 4 is 5.97 Å². The van der Waals surface area contributed by atoms with Crippen LogP contribution in [-0.2, 0) is 22.1 Å². The molecule has 1 aromatic heterocycles. The van der Waals surface area contributed by atoms with Crippen LogP contribution in [0.3, 0.4) is 0 Å². The predicted octanol–water partition coefficient (Wildman–Crippen LogP) is 2.72. The highest BCUT2D eigenvalue weighted by Crippen LogP contribution is 2.43. The summed E-state index contributed by atoms with van der Waals surface area (Å²) in [7, 11) is 1.84. The van der Waals surface area contributed by atoms with Crippen molar-refractivity contribution in [2.24, 2.45) is 0 Å². The van der Waals surface area contributed by atoms with Crippen molar-refractivity contribution in [3.63, 3.8) is 0 Å². The first-order valence-corrected chi connectivity index (χ1v) is 5.45. The van der Waals surface area contributed by atoms with Crippen molar-refractivity contribution in [1.82, 2.24) is 4.98 Å². The minimum absolute atomic E-state index is 0.481. The second-order valence-electron chi connectivity index (χ2n) is 3.79. The first kappa shape index (κ1) is 17.9. The number of alkyl halides is 6. The van der Waals surface area contributed by atoms with Gasteiger partial charge in [0, 0.05) is 6.07 Å². The molecule has 0 aliphatic carbocycles. The molecule has 124 valence electrons. The molecule has 1 heterocycles. The number of aromatic nitrogens is 1. The Kier molecular flexibility index (Phi) is 5.09. The molecule has 0 aromatic carbocycles. The Labute approximate surface area is 119 Å². The van der Waals surface area contributed by atoms with Gasteiger partial charge in [0.1, 0.15) is 0 Å². The second kappa shape index (κ2) is 6.28. The lowest BCUT2D eigenvalue weighted by molar-refractivity contribution is -0.277. The number of carbonyl (C=O) groups excluding carboxylic acids is 1. The summed E-state index contributed by atoms with van der Waals surface area (Å²) in [6.45, 7) is 0. The molecule has 0 aliphatic heterocycles. The molecular formula is C11H9F6NO4. The minimum Gasteiger partial charge on any atom is -0.493 e. The van der Waals surface area contributed by atoms with Gasteiger partial charge in [0.15, 0.2) is 11.4 Å². The van der Waals surface area contributed by atoms with Gasteiger partial charge >= 0.3 is 18.5 Å². The van der Waals surface area contributed by atoms with Crippen LogP contribution < -0.4 is 9.47 Å². The molecule has 5 nitrogen and oxygen atoms in total. The maximum atomic E-state index is 12.9. The number of pyridine rings is 1. The number of ether oxygens (including phenoxy) is 3. The van der Waals surface area contributed by atoms with Gasteiger partial charge < -0.3 is 14.2 Å². The Bertz CT molecular complexity index is 555. The third-order valence-electron chi connectivity index (χ3n) is 2.25. The monoisotopic (exact) mass is 333 g/mol. The molecule has 0 bridgehead atoms.